The molecule has 1 aromatic carbocycles. The third-order valence-corrected chi connectivity index (χ3v) is 5.60. The van der Waals surface area contributed by atoms with E-state index in [1.54, 1.807) is 18.2 Å². The van der Waals surface area contributed by atoms with Gasteiger partial charge in [0.25, 0.3) is 11.5 Å². The summed E-state index contributed by atoms with van der Waals surface area (Å²) in [6.45, 7) is 0.764. The fourth-order valence-electron chi connectivity index (χ4n) is 3.73. The maximum Gasteiger partial charge on any atom is 0.259 e. The summed E-state index contributed by atoms with van der Waals surface area (Å²) in [5.74, 6) is 0.723. The van der Waals surface area contributed by atoms with Crippen LogP contribution >= 0.6 is 12.2 Å². The van der Waals surface area contributed by atoms with Crippen molar-refractivity contribution in [2.75, 3.05) is 6.54 Å². The highest BCUT2D eigenvalue weighted by Gasteiger charge is 2.48. The van der Waals surface area contributed by atoms with E-state index in [9.17, 15) is 9.59 Å². The first-order valence-corrected chi connectivity index (χ1v) is 8.53. The molecule has 0 aliphatic heterocycles. The highest BCUT2D eigenvalue weighted by Crippen LogP contribution is 2.56. The maximum atomic E-state index is 12.5. The van der Waals surface area contributed by atoms with Crippen LogP contribution in [-0.2, 0) is 0 Å². The molecule has 2 aromatic rings. The number of hydrogen-bond donors (Lipinski definition) is 3. The van der Waals surface area contributed by atoms with Gasteiger partial charge in [0.05, 0.1) is 10.9 Å². The van der Waals surface area contributed by atoms with Gasteiger partial charge in [0.15, 0.2) is 4.77 Å². The normalized spacial score (nSPS) is 19.3. The second-order valence-electron chi connectivity index (χ2n) is 6.84. The van der Waals surface area contributed by atoms with Crippen LogP contribution in [0, 0.1) is 16.1 Å². The number of carbonyl (C=O) groups excluding carboxylic acids is 1. The Bertz CT molecular complexity index is 891. The van der Waals surface area contributed by atoms with Gasteiger partial charge in [-0.15, -0.1) is 0 Å². The van der Waals surface area contributed by atoms with E-state index in [-0.39, 0.29) is 16.2 Å². The molecular weight excluding hydrogens is 310 g/mol. The molecule has 2 aliphatic carbocycles. The molecule has 0 radical (unpaired) electrons. The monoisotopic (exact) mass is 329 g/mol. The Balaban J connectivity index is 1.55. The van der Waals surface area contributed by atoms with Crippen LogP contribution in [0.3, 0.4) is 0 Å². The molecule has 0 atom stereocenters. The maximum absolute atomic E-state index is 12.5. The molecule has 23 heavy (non-hydrogen) atoms. The average Bonchev–Trinajstić information content (AvgIpc) is 3.30. The molecular formula is C17H19N3O2S. The largest absolute Gasteiger partial charge is 0.351 e. The highest BCUT2D eigenvalue weighted by molar-refractivity contribution is 7.71. The standard InChI is InChI=1S/C17H19N3O2S/c21-14(18-9-17(6-1-7-17)11-3-4-11)10-2-5-12-13(8-10)19-16(23)20-15(12)22/h2,5,8,11H,1,3-4,6-7,9H2,(H,18,21)(H2,19,20,22,23). The number of benzene rings is 1. The van der Waals surface area contributed by atoms with E-state index in [1.807, 2.05) is 0 Å². The molecule has 2 aliphatic rings. The second-order valence-corrected chi connectivity index (χ2v) is 7.25. The zero-order valence-electron chi connectivity index (χ0n) is 12.8. The smallest absolute Gasteiger partial charge is 0.259 e. The first-order valence-electron chi connectivity index (χ1n) is 8.12. The number of amides is 1. The molecule has 0 bridgehead atoms. The van der Waals surface area contributed by atoms with Gasteiger partial charge in [-0.25, -0.2) is 0 Å². The first kappa shape index (κ1) is 14.6. The van der Waals surface area contributed by atoms with E-state index in [4.69, 9.17) is 12.2 Å². The number of aromatic amines is 2. The topological polar surface area (TPSA) is 77.8 Å². The molecule has 6 heteroatoms. The van der Waals surface area contributed by atoms with Crippen LogP contribution in [0.25, 0.3) is 10.9 Å². The summed E-state index contributed by atoms with van der Waals surface area (Å²) in [6, 6.07) is 5.04. The van der Waals surface area contributed by atoms with Crippen molar-refractivity contribution < 1.29 is 4.79 Å². The second kappa shape index (κ2) is 5.30. The van der Waals surface area contributed by atoms with Crippen molar-refractivity contribution in [1.82, 2.24) is 15.3 Å². The van der Waals surface area contributed by atoms with Crippen molar-refractivity contribution >= 4 is 29.0 Å². The number of nitrogens with one attached hydrogen (secondary N) is 3. The number of carbonyl (C=O) groups is 1. The Morgan fingerprint density at radius 2 is 2.09 bits per heavy atom. The lowest BCUT2D eigenvalue weighted by Gasteiger charge is -2.42. The number of hydrogen-bond acceptors (Lipinski definition) is 3. The lowest BCUT2D eigenvalue weighted by Crippen LogP contribution is -2.43. The van der Waals surface area contributed by atoms with Gasteiger partial charge >= 0.3 is 0 Å². The minimum atomic E-state index is -0.238. The average molecular weight is 329 g/mol. The number of fused-ring (bicyclic) bond motifs is 1. The molecule has 3 N–H and O–H groups in total. The van der Waals surface area contributed by atoms with E-state index < -0.39 is 0 Å². The van der Waals surface area contributed by atoms with E-state index >= 15 is 0 Å². The van der Waals surface area contributed by atoms with Crippen molar-refractivity contribution in [3.05, 3.63) is 38.9 Å². The van der Waals surface area contributed by atoms with Crippen LogP contribution < -0.4 is 10.9 Å². The van der Waals surface area contributed by atoms with E-state index in [0.29, 0.717) is 21.9 Å². The predicted molar refractivity (Wildman–Crippen MR) is 91.1 cm³/mol. The Morgan fingerprint density at radius 3 is 2.74 bits per heavy atom. The van der Waals surface area contributed by atoms with Crippen molar-refractivity contribution in [2.45, 2.75) is 32.1 Å². The molecule has 2 saturated carbocycles. The molecule has 1 amide bonds. The molecule has 120 valence electrons. The van der Waals surface area contributed by atoms with Crippen LogP contribution in [-0.4, -0.2) is 22.4 Å². The number of aromatic nitrogens is 2. The summed E-state index contributed by atoms with van der Waals surface area (Å²) < 4.78 is 0.266. The van der Waals surface area contributed by atoms with Crippen LogP contribution in [0.4, 0.5) is 0 Å². The molecule has 0 unspecified atom stereocenters. The van der Waals surface area contributed by atoms with Crippen molar-refractivity contribution in [2.24, 2.45) is 11.3 Å². The van der Waals surface area contributed by atoms with E-state index in [0.717, 1.165) is 12.5 Å². The lowest BCUT2D eigenvalue weighted by molar-refractivity contribution is 0.0781. The zero-order chi connectivity index (χ0) is 16.0. The summed E-state index contributed by atoms with van der Waals surface area (Å²) in [5, 5.41) is 3.60. The van der Waals surface area contributed by atoms with Gasteiger partial charge in [0.1, 0.15) is 0 Å². The molecule has 1 heterocycles. The molecule has 2 fully saturated rings. The molecule has 4 rings (SSSR count). The molecule has 0 saturated heterocycles. The van der Waals surface area contributed by atoms with E-state index in [1.165, 1.54) is 32.1 Å². The van der Waals surface area contributed by atoms with Gasteiger partial charge in [-0.1, -0.05) is 6.42 Å². The fourth-order valence-corrected chi connectivity index (χ4v) is 3.93. The van der Waals surface area contributed by atoms with Gasteiger partial charge in [-0.3, -0.25) is 14.6 Å². The molecule has 0 spiro atoms. The Morgan fingerprint density at radius 1 is 1.30 bits per heavy atom. The minimum absolute atomic E-state index is 0.0848. The first-order chi connectivity index (χ1) is 11.1. The third-order valence-electron chi connectivity index (χ3n) is 5.40. The molecule has 1 aromatic heterocycles. The minimum Gasteiger partial charge on any atom is -0.351 e. The Hall–Kier alpha value is -1.95. The van der Waals surface area contributed by atoms with Crippen LogP contribution in [0.2, 0.25) is 0 Å². The number of H-pyrrole nitrogens is 2. The quantitative estimate of drug-likeness (QED) is 0.755. The fraction of sp³-hybridized carbons (Fsp3) is 0.471. The van der Waals surface area contributed by atoms with Gasteiger partial charge in [0, 0.05) is 12.1 Å². The number of rotatable bonds is 4. The SMILES string of the molecule is O=C(NCC1(C2CC2)CCC1)c1ccc2c(=O)[nH]c(=S)[nH]c2c1. The predicted octanol–water partition coefficient (Wildman–Crippen LogP) is 2.90. The summed E-state index contributed by atoms with van der Waals surface area (Å²) in [7, 11) is 0. The van der Waals surface area contributed by atoms with Crippen LogP contribution in [0.15, 0.2) is 23.0 Å². The van der Waals surface area contributed by atoms with Crippen LogP contribution in [0.1, 0.15) is 42.5 Å². The van der Waals surface area contributed by atoms with Gasteiger partial charge in [0.2, 0.25) is 0 Å². The lowest BCUT2D eigenvalue weighted by atomic mass is 9.65. The highest BCUT2D eigenvalue weighted by atomic mass is 32.1. The summed E-state index contributed by atoms with van der Waals surface area (Å²) in [4.78, 5) is 29.7. The van der Waals surface area contributed by atoms with Gasteiger partial charge in [-0.2, -0.15) is 0 Å². The molecule has 5 nitrogen and oxygen atoms in total. The zero-order valence-corrected chi connectivity index (χ0v) is 13.6. The Labute approximate surface area is 138 Å². The van der Waals surface area contributed by atoms with Gasteiger partial charge in [-0.05, 0) is 67.4 Å². The summed E-state index contributed by atoms with van der Waals surface area (Å²) in [6.07, 6.45) is 6.37. The summed E-state index contributed by atoms with van der Waals surface area (Å²) in [5.41, 5.74) is 1.26. The Kier molecular flexibility index (Phi) is 3.37. The third kappa shape index (κ3) is 2.61. The summed E-state index contributed by atoms with van der Waals surface area (Å²) >= 11 is 4.98. The van der Waals surface area contributed by atoms with Crippen LogP contribution in [0.5, 0.6) is 0 Å². The van der Waals surface area contributed by atoms with Crippen molar-refractivity contribution in [3.63, 3.8) is 0 Å². The van der Waals surface area contributed by atoms with Crippen molar-refractivity contribution in [3.8, 4) is 0 Å². The van der Waals surface area contributed by atoms with Crippen molar-refractivity contribution in [1.29, 1.82) is 0 Å². The van der Waals surface area contributed by atoms with Gasteiger partial charge < -0.3 is 10.3 Å². The van der Waals surface area contributed by atoms with E-state index in [2.05, 4.69) is 15.3 Å².